The molecule has 4 heterocycles. The lowest BCUT2D eigenvalue weighted by molar-refractivity contribution is -0.141. The van der Waals surface area contributed by atoms with Crippen LogP contribution in [0.2, 0.25) is 0 Å². The number of aliphatic hydroxyl groups excluding tert-OH is 2. The van der Waals surface area contributed by atoms with Gasteiger partial charge in [0.1, 0.15) is 34.7 Å². The van der Waals surface area contributed by atoms with Crippen molar-refractivity contribution in [2.24, 2.45) is 5.92 Å². The minimum atomic E-state index is -1.24. The quantitative estimate of drug-likeness (QED) is 0.109. The summed E-state index contributed by atoms with van der Waals surface area (Å²) in [6.45, 7) is 4.43. The Balaban J connectivity index is 1.43. The summed E-state index contributed by atoms with van der Waals surface area (Å²) >= 11 is 0. The number of aliphatic hydroxyl groups is 3. The molecule has 1 aromatic heterocycles. The van der Waals surface area contributed by atoms with Gasteiger partial charge in [-0.15, -0.1) is 0 Å². The highest BCUT2D eigenvalue weighted by atomic mass is 16.6. The average Bonchev–Trinajstić information content (AvgIpc) is 3.83. The zero-order valence-electron chi connectivity index (χ0n) is 29.6. The van der Waals surface area contributed by atoms with Crippen molar-refractivity contribution in [3.63, 3.8) is 0 Å². The van der Waals surface area contributed by atoms with Gasteiger partial charge in [0.15, 0.2) is 6.29 Å². The molecule has 12 nitrogen and oxygen atoms in total. The van der Waals surface area contributed by atoms with Crippen LogP contribution in [0, 0.1) is 5.92 Å². The van der Waals surface area contributed by atoms with Crippen LogP contribution in [0.4, 0.5) is 0 Å². The lowest BCUT2D eigenvalue weighted by Gasteiger charge is -2.39. The van der Waals surface area contributed by atoms with Crippen LogP contribution < -0.4 is 19.5 Å². The molecule has 4 aliphatic rings. The third-order valence-corrected chi connectivity index (χ3v) is 11.1. The van der Waals surface area contributed by atoms with Gasteiger partial charge in [0.05, 0.1) is 36.5 Å². The number of rotatable bonds is 11. The maximum Gasteiger partial charge on any atom is 0.375 e. The number of hydrogen-bond donors (Lipinski definition) is 5. The molecular formula is C40H46N2O10. The van der Waals surface area contributed by atoms with Gasteiger partial charge in [0.2, 0.25) is 5.76 Å². The number of benzene rings is 2. The Morgan fingerprint density at radius 1 is 1.12 bits per heavy atom. The van der Waals surface area contributed by atoms with Crippen molar-refractivity contribution in [3.05, 3.63) is 69.6 Å². The van der Waals surface area contributed by atoms with E-state index in [1.165, 1.54) is 0 Å². The Labute approximate surface area is 301 Å². The number of ketones is 1. The number of esters is 1. The maximum absolute atomic E-state index is 13.6. The Kier molecular flexibility index (Phi) is 10.3. The molecule has 3 aromatic rings. The molecule has 2 fully saturated rings. The minimum absolute atomic E-state index is 0.0257. The summed E-state index contributed by atoms with van der Waals surface area (Å²) in [4.78, 5) is 43.4. The van der Waals surface area contributed by atoms with E-state index < -0.39 is 30.2 Å². The van der Waals surface area contributed by atoms with Gasteiger partial charge in [-0.25, -0.2) is 4.79 Å². The van der Waals surface area contributed by atoms with Crippen LogP contribution in [-0.4, -0.2) is 83.0 Å². The van der Waals surface area contributed by atoms with E-state index in [1.807, 2.05) is 30.5 Å². The molecule has 52 heavy (non-hydrogen) atoms. The first-order chi connectivity index (χ1) is 25.2. The second kappa shape index (κ2) is 14.9. The van der Waals surface area contributed by atoms with Crippen molar-refractivity contribution in [1.82, 2.24) is 10.3 Å². The van der Waals surface area contributed by atoms with E-state index >= 15 is 0 Å². The first-order valence-corrected chi connectivity index (χ1v) is 18.2. The van der Waals surface area contributed by atoms with Crippen LogP contribution in [-0.2, 0) is 32.1 Å². The van der Waals surface area contributed by atoms with E-state index in [2.05, 4.69) is 10.3 Å². The molecule has 1 aliphatic carbocycles. The SMILES string of the molecule is CCOC(=O)C1=C(C=O)/C(=C2\CCC(=O)[C@@H](c3ccc4[nH]ccc4c3)C2)c2c(OCCCO)c3c(c(CO)c2O1)O[C@H]([C@](C)(O)C1CCNCC1)C3. The molecule has 1 saturated carbocycles. The number of piperidine rings is 1. The van der Waals surface area contributed by atoms with Crippen molar-refractivity contribution in [3.8, 4) is 17.2 Å². The van der Waals surface area contributed by atoms with Gasteiger partial charge in [-0.3, -0.25) is 9.59 Å². The molecule has 12 heteroatoms. The Bertz CT molecular complexity index is 1950. The van der Waals surface area contributed by atoms with Gasteiger partial charge in [-0.1, -0.05) is 11.6 Å². The summed E-state index contributed by atoms with van der Waals surface area (Å²) in [7, 11) is 0. The first kappa shape index (κ1) is 35.9. The summed E-state index contributed by atoms with van der Waals surface area (Å²) in [5.41, 5.74) is 2.86. The van der Waals surface area contributed by atoms with Crippen molar-refractivity contribution in [2.45, 2.75) is 83.0 Å². The monoisotopic (exact) mass is 714 g/mol. The predicted octanol–water partition coefficient (Wildman–Crippen LogP) is 4.17. The smallest absolute Gasteiger partial charge is 0.375 e. The van der Waals surface area contributed by atoms with Crippen LogP contribution >= 0.6 is 0 Å². The highest BCUT2D eigenvalue weighted by Crippen LogP contribution is 2.57. The molecule has 3 atom stereocenters. The number of hydrogen-bond acceptors (Lipinski definition) is 11. The van der Waals surface area contributed by atoms with Gasteiger partial charge in [-0.05, 0) is 87.7 Å². The number of nitrogens with one attached hydrogen (secondary N) is 2. The number of aromatic nitrogens is 1. The van der Waals surface area contributed by atoms with Gasteiger partial charge in [0.25, 0.3) is 0 Å². The van der Waals surface area contributed by atoms with Crippen LogP contribution in [0.25, 0.3) is 16.5 Å². The Morgan fingerprint density at radius 3 is 2.65 bits per heavy atom. The molecule has 3 aliphatic heterocycles. The normalized spacial score (nSPS) is 23.1. The number of ether oxygens (including phenoxy) is 4. The summed E-state index contributed by atoms with van der Waals surface area (Å²) in [5.74, 6) is -0.983. The van der Waals surface area contributed by atoms with Crippen molar-refractivity contribution in [1.29, 1.82) is 0 Å². The molecule has 2 aromatic carbocycles. The zero-order valence-corrected chi connectivity index (χ0v) is 29.6. The highest BCUT2D eigenvalue weighted by Gasteiger charge is 2.48. The largest absolute Gasteiger partial charge is 0.492 e. The summed E-state index contributed by atoms with van der Waals surface area (Å²) in [6, 6.07) is 7.81. The van der Waals surface area contributed by atoms with E-state index in [9.17, 15) is 29.7 Å². The minimum Gasteiger partial charge on any atom is -0.492 e. The summed E-state index contributed by atoms with van der Waals surface area (Å²) in [5, 5.41) is 37.0. The maximum atomic E-state index is 13.6. The molecule has 0 amide bonds. The fourth-order valence-electron chi connectivity index (χ4n) is 8.33. The number of H-pyrrole nitrogens is 1. The van der Waals surface area contributed by atoms with Crippen molar-refractivity contribution >= 4 is 34.5 Å². The van der Waals surface area contributed by atoms with Gasteiger partial charge in [-0.2, -0.15) is 0 Å². The van der Waals surface area contributed by atoms with Crippen molar-refractivity contribution < 1.29 is 48.7 Å². The number of carbonyl (C=O) groups is 3. The first-order valence-electron chi connectivity index (χ1n) is 18.2. The summed E-state index contributed by atoms with van der Waals surface area (Å²) in [6.07, 6.45) is 4.57. The van der Waals surface area contributed by atoms with Crippen LogP contribution in [0.3, 0.4) is 0 Å². The molecular weight excluding hydrogens is 668 g/mol. The van der Waals surface area contributed by atoms with E-state index in [-0.39, 0.29) is 79.2 Å². The number of allylic oxidation sites excluding steroid dienone is 3. The number of carbonyl (C=O) groups excluding carboxylic acids is 3. The molecule has 1 saturated heterocycles. The molecule has 0 bridgehead atoms. The summed E-state index contributed by atoms with van der Waals surface area (Å²) < 4.78 is 24.7. The zero-order chi connectivity index (χ0) is 36.6. The lowest BCUT2D eigenvalue weighted by atomic mass is 9.75. The second-order valence-corrected chi connectivity index (χ2v) is 14.2. The third kappa shape index (κ3) is 6.31. The van der Waals surface area contributed by atoms with Gasteiger partial charge >= 0.3 is 5.97 Å². The second-order valence-electron chi connectivity index (χ2n) is 14.2. The van der Waals surface area contributed by atoms with E-state index in [0.29, 0.717) is 41.6 Å². The van der Waals surface area contributed by atoms with Crippen LogP contribution in [0.1, 0.15) is 80.5 Å². The van der Waals surface area contributed by atoms with Crippen LogP contribution in [0.5, 0.6) is 17.2 Å². The molecule has 0 spiro atoms. The number of Topliss-reactive ketones (excluding diaryl/α,β-unsaturated/α-hetero) is 1. The Hall–Kier alpha value is -4.49. The van der Waals surface area contributed by atoms with Gasteiger partial charge < -0.3 is 44.6 Å². The number of fused-ring (bicyclic) bond motifs is 3. The molecule has 5 N–H and O–H groups in total. The Morgan fingerprint density at radius 2 is 1.92 bits per heavy atom. The third-order valence-electron chi connectivity index (χ3n) is 11.1. The number of aromatic amines is 1. The molecule has 276 valence electrons. The average molecular weight is 715 g/mol. The standard InChI is InChI=1S/C40H46N2O10/c1-3-49-39(47)38-28(20-44)33(24-6-8-31(46)26(18-24)22-5-7-30-23(17-22)9-14-42-30)34-36(50-16-4-15-43)27-19-32(40(2,48)25-10-12-41-13-11-25)51-35(27)29(21-45)37(34)52-38/h5,7,9,14,17,20,25-26,32,41-43,45,48H,3-4,6,8,10-13,15-16,18-19,21H2,1-2H3/b33-24-/t26-,32+,40-/m1/s1. The van der Waals surface area contributed by atoms with Crippen LogP contribution in [0.15, 0.2) is 47.4 Å². The van der Waals surface area contributed by atoms with Gasteiger partial charge in [0, 0.05) is 54.6 Å². The highest BCUT2D eigenvalue weighted by molar-refractivity contribution is 6.11. The van der Waals surface area contributed by atoms with Crippen molar-refractivity contribution in [2.75, 3.05) is 32.9 Å². The predicted molar refractivity (Wildman–Crippen MR) is 191 cm³/mol. The fraction of sp³-hybridized carbons (Fsp3) is 0.475. The van der Waals surface area contributed by atoms with E-state index in [4.69, 9.17) is 18.9 Å². The molecule has 7 rings (SSSR count). The van der Waals surface area contributed by atoms with E-state index in [1.54, 1.807) is 13.8 Å². The molecule has 0 radical (unpaired) electrons. The number of aldehydes is 1. The fourth-order valence-corrected chi connectivity index (χ4v) is 8.33. The lowest BCUT2D eigenvalue weighted by Crippen LogP contribution is -2.51. The van der Waals surface area contributed by atoms with E-state index in [0.717, 1.165) is 48.0 Å². The molecule has 0 unspecified atom stereocenters. The topological polar surface area (TPSA) is 177 Å².